The molecular formula is C14H15F5N2O2. The lowest BCUT2D eigenvalue weighted by Crippen LogP contribution is -2.55. The summed E-state index contributed by atoms with van der Waals surface area (Å²) in [5.41, 5.74) is 0.431. The van der Waals surface area contributed by atoms with E-state index < -0.39 is 30.5 Å². The Balaban J connectivity index is 2.20. The Morgan fingerprint density at radius 2 is 1.83 bits per heavy atom. The van der Waals surface area contributed by atoms with Gasteiger partial charge in [0, 0.05) is 37.8 Å². The van der Waals surface area contributed by atoms with Crippen LogP contribution in [0.25, 0.3) is 0 Å². The highest BCUT2D eigenvalue weighted by atomic mass is 19.4. The fourth-order valence-corrected chi connectivity index (χ4v) is 2.49. The van der Waals surface area contributed by atoms with E-state index in [1.165, 1.54) is 29.2 Å². The van der Waals surface area contributed by atoms with Gasteiger partial charge in [-0.05, 0) is 24.3 Å². The van der Waals surface area contributed by atoms with Gasteiger partial charge in [0.2, 0.25) is 0 Å². The Morgan fingerprint density at radius 1 is 1.22 bits per heavy atom. The van der Waals surface area contributed by atoms with Gasteiger partial charge in [0.05, 0.1) is 5.56 Å². The van der Waals surface area contributed by atoms with Crippen LogP contribution >= 0.6 is 0 Å². The number of carboxylic acid groups (broad SMARTS) is 1. The number of benzene rings is 1. The van der Waals surface area contributed by atoms with Crippen LogP contribution in [0.2, 0.25) is 0 Å². The lowest BCUT2D eigenvalue weighted by Gasteiger charge is -2.39. The number of piperazine rings is 1. The van der Waals surface area contributed by atoms with Crippen LogP contribution in [-0.4, -0.2) is 48.9 Å². The molecular weight excluding hydrogens is 323 g/mol. The molecule has 0 spiro atoms. The summed E-state index contributed by atoms with van der Waals surface area (Å²) in [4.78, 5) is 12.2. The van der Waals surface area contributed by atoms with Crippen LogP contribution in [0.3, 0.4) is 0 Å². The van der Waals surface area contributed by atoms with Gasteiger partial charge in [-0.1, -0.05) is 0 Å². The molecule has 4 nitrogen and oxygen atoms in total. The van der Waals surface area contributed by atoms with Crippen molar-refractivity contribution in [3.8, 4) is 0 Å². The lowest BCUT2D eigenvalue weighted by molar-refractivity contribution is -0.285. The quantitative estimate of drug-likeness (QED) is 0.829. The summed E-state index contributed by atoms with van der Waals surface area (Å²) >= 11 is 0. The van der Waals surface area contributed by atoms with Crippen molar-refractivity contribution in [1.29, 1.82) is 0 Å². The van der Waals surface area contributed by atoms with E-state index in [1.54, 1.807) is 0 Å². The monoisotopic (exact) mass is 338 g/mol. The van der Waals surface area contributed by atoms with Crippen LogP contribution in [-0.2, 0) is 0 Å². The summed E-state index contributed by atoms with van der Waals surface area (Å²) in [6.07, 6.45) is -6.95. The fourth-order valence-electron chi connectivity index (χ4n) is 2.49. The smallest absolute Gasteiger partial charge is 0.453 e. The summed E-state index contributed by atoms with van der Waals surface area (Å²) in [6, 6.07) is 4.36. The molecule has 23 heavy (non-hydrogen) atoms. The van der Waals surface area contributed by atoms with Gasteiger partial charge in [0.1, 0.15) is 0 Å². The van der Waals surface area contributed by atoms with Gasteiger partial charge in [-0.25, -0.2) is 4.79 Å². The van der Waals surface area contributed by atoms with Crippen LogP contribution in [0, 0.1) is 0 Å². The number of carboxylic acids is 1. The molecule has 2 rings (SSSR count). The summed E-state index contributed by atoms with van der Waals surface area (Å²) in [5, 5.41) is 11.6. The first-order valence-corrected chi connectivity index (χ1v) is 6.87. The molecule has 0 aliphatic carbocycles. The van der Waals surface area contributed by atoms with Crippen molar-refractivity contribution < 1.29 is 31.9 Å². The minimum atomic E-state index is -5.59. The molecule has 1 saturated heterocycles. The molecule has 1 heterocycles. The van der Waals surface area contributed by atoms with E-state index in [9.17, 15) is 26.7 Å². The minimum absolute atomic E-state index is 0.00759. The minimum Gasteiger partial charge on any atom is -0.478 e. The van der Waals surface area contributed by atoms with E-state index in [1.807, 2.05) is 0 Å². The topological polar surface area (TPSA) is 52.6 Å². The Labute approximate surface area is 128 Å². The van der Waals surface area contributed by atoms with Gasteiger partial charge in [0.15, 0.2) is 0 Å². The Morgan fingerprint density at radius 3 is 2.35 bits per heavy atom. The third kappa shape index (κ3) is 3.90. The summed E-state index contributed by atoms with van der Waals surface area (Å²) in [5.74, 6) is -5.92. The van der Waals surface area contributed by atoms with Crippen LogP contribution in [0.5, 0.6) is 0 Å². The normalized spacial score (nSPS) is 19.7. The largest absolute Gasteiger partial charge is 0.478 e. The second-order valence-electron chi connectivity index (χ2n) is 5.31. The second-order valence-corrected chi connectivity index (χ2v) is 5.31. The average molecular weight is 338 g/mol. The van der Waals surface area contributed by atoms with Gasteiger partial charge in [-0.2, -0.15) is 22.0 Å². The molecule has 1 unspecified atom stereocenters. The number of anilines is 1. The SMILES string of the molecule is O=C(O)c1ccc(N2CCNCC2CC(F)(F)C(F)(F)F)cc1. The van der Waals surface area contributed by atoms with Crippen molar-refractivity contribution >= 4 is 11.7 Å². The maximum atomic E-state index is 13.3. The number of aromatic carboxylic acids is 1. The molecule has 0 bridgehead atoms. The molecule has 1 aliphatic rings. The van der Waals surface area contributed by atoms with Crippen LogP contribution in [0.15, 0.2) is 24.3 Å². The number of alkyl halides is 5. The van der Waals surface area contributed by atoms with Crippen molar-refractivity contribution in [2.24, 2.45) is 0 Å². The van der Waals surface area contributed by atoms with Gasteiger partial charge in [-0.15, -0.1) is 0 Å². The van der Waals surface area contributed by atoms with Gasteiger partial charge in [-0.3, -0.25) is 0 Å². The van der Waals surface area contributed by atoms with Gasteiger partial charge in [0.25, 0.3) is 0 Å². The second kappa shape index (κ2) is 6.31. The first-order valence-electron chi connectivity index (χ1n) is 6.87. The first-order chi connectivity index (χ1) is 10.6. The van der Waals surface area contributed by atoms with E-state index in [0.29, 0.717) is 12.2 Å². The molecule has 128 valence electrons. The molecule has 0 amide bonds. The highest BCUT2D eigenvalue weighted by Gasteiger charge is 2.58. The van der Waals surface area contributed by atoms with Crippen molar-refractivity contribution in [2.75, 3.05) is 24.5 Å². The molecule has 0 radical (unpaired) electrons. The van der Waals surface area contributed by atoms with Crippen LogP contribution in [0.4, 0.5) is 27.6 Å². The van der Waals surface area contributed by atoms with Crippen LogP contribution < -0.4 is 10.2 Å². The maximum Gasteiger partial charge on any atom is 0.453 e. The number of hydrogen-bond donors (Lipinski definition) is 2. The van der Waals surface area contributed by atoms with Gasteiger partial charge < -0.3 is 15.3 Å². The molecule has 0 aromatic heterocycles. The number of rotatable bonds is 4. The molecule has 1 atom stereocenters. The molecule has 1 aromatic carbocycles. The standard InChI is InChI=1S/C14H15F5N2O2/c15-13(16,14(17,18)19)7-11-8-20-5-6-21(11)10-3-1-9(2-4-10)12(22)23/h1-4,11,20H,5-8H2,(H,22,23). The summed E-state index contributed by atoms with van der Waals surface area (Å²) in [6.45, 7) is 0.687. The Hall–Kier alpha value is -1.90. The molecule has 0 saturated carbocycles. The third-order valence-corrected chi connectivity index (χ3v) is 3.70. The van der Waals surface area contributed by atoms with Gasteiger partial charge >= 0.3 is 18.1 Å². The fraction of sp³-hybridized carbons (Fsp3) is 0.500. The molecule has 9 heteroatoms. The summed E-state index contributed by atoms with van der Waals surface area (Å²) in [7, 11) is 0. The zero-order valence-corrected chi connectivity index (χ0v) is 11.9. The zero-order chi connectivity index (χ0) is 17.3. The third-order valence-electron chi connectivity index (χ3n) is 3.70. The molecule has 1 aliphatic heterocycles. The maximum absolute atomic E-state index is 13.3. The Bertz CT molecular complexity index is 559. The van der Waals surface area contributed by atoms with Crippen molar-refractivity contribution in [1.82, 2.24) is 5.32 Å². The van der Waals surface area contributed by atoms with E-state index in [-0.39, 0.29) is 18.7 Å². The number of nitrogens with one attached hydrogen (secondary N) is 1. The highest BCUT2D eigenvalue weighted by Crippen LogP contribution is 2.40. The van der Waals surface area contributed by atoms with E-state index in [2.05, 4.69) is 5.32 Å². The average Bonchev–Trinajstić information content (AvgIpc) is 2.46. The van der Waals surface area contributed by atoms with Crippen molar-refractivity contribution in [2.45, 2.75) is 24.6 Å². The van der Waals surface area contributed by atoms with E-state index in [4.69, 9.17) is 5.11 Å². The molecule has 1 fully saturated rings. The van der Waals surface area contributed by atoms with E-state index >= 15 is 0 Å². The predicted octanol–water partition coefficient (Wildman–Crippen LogP) is 2.75. The van der Waals surface area contributed by atoms with E-state index in [0.717, 1.165) is 0 Å². The number of nitrogens with zero attached hydrogens (tertiary/aromatic N) is 1. The molecule has 2 N–H and O–H groups in total. The molecule has 1 aromatic rings. The lowest BCUT2D eigenvalue weighted by atomic mass is 10.0. The first kappa shape index (κ1) is 17.5. The zero-order valence-electron chi connectivity index (χ0n) is 11.9. The highest BCUT2D eigenvalue weighted by molar-refractivity contribution is 5.88. The number of carbonyl (C=O) groups is 1. The number of halogens is 5. The van der Waals surface area contributed by atoms with Crippen molar-refractivity contribution in [3.05, 3.63) is 29.8 Å². The van der Waals surface area contributed by atoms with Crippen molar-refractivity contribution in [3.63, 3.8) is 0 Å². The van der Waals surface area contributed by atoms with Crippen LogP contribution in [0.1, 0.15) is 16.8 Å². The Kier molecular flexibility index (Phi) is 4.79. The predicted molar refractivity (Wildman–Crippen MR) is 73.0 cm³/mol. The number of hydrogen-bond acceptors (Lipinski definition) is 3. The summed E-state index contributed by atoms with van der Waals surface area (Å²) < 4.78 is 63.9.